The van der Waals surface area contributed by atoms with Gasteiger partial charge in [-0.3, -0.25) is 4.98 Å². The minimum absolute atomic E-state index is 0.00260. The molecular weight excluding hydrogens is 443 g/mol. The molecule has 0 amide bonds. The Bertz CT molecular complexity index is 1300. The van der Waals surface area contributed by atoms with Crippen LogP contribution < -0.4 is 10.1 Å². The van der Waals surface area contributed by atoms with Gasteiger partial charge in [0.2, 0.25) is 0 Å². The van der Waals surface area contributed by atoms with Crippen LogP contribution in [0.25, 0.3) is 22.4 Å². The Balaban J connectivity index is 1.45. The van der Waals surface area contributed by atoms with Gasteiger partial charge in [0.05, 0.1) is 18.2 Å². The Morgan fingerprint density at radius 1 is 1.11 bits per heavy atom. The zero-order valence-corrected chi connectivity index (χ0v) is 19.9. The number of aromatic nitrogens is 3. The first-order valence-electron chi connectivity index (χ1n) is 11.9. The van der Waals surface area contributed by atoms with Crippen LogP contribution in [0.15, 0.2) is 67.0 Å². The predicted molar refractivity (Wildman–Crippen MR) is 135 cm³/mol. The molecule has 3 heterocycles. The van der Waals surface area contributed by atoms with E-state index in [9.17, 15) is 5.11 Å². The maximum atomic E-state index is 15.5. The van der Waals surface area contributed by atoms with Crippen molar-refractivity contribution in [3.63, 3.8) is 0 Å². The summed E-state index contributed by atoms with van der Waals surface area (Å²) in [5.41, 5.74) is 4.93. The molecule has 35 heavy (non-hydrogen) atoms. The summed E-state index contributed by atoms with van der Waals surface area (Å²) in [4.78, 5) is 4.09. The van der Waals surface area contributed by atoms with E-state index in [0.717, 1.165) is 17.5 Å². The van der Waals surface area contributed by atoms with E-state index in [1.54, 1.807) is 24.5 Å². The molecule has 180 valence electrons. The highest BCUT2D eigenvalue weighted by Crippen LogP contribution is 2.41. The number of nitrogens with zero attached hydrogens (tertiary/aromatic N) is 3. The monoisotopic (exact) mass is 472 g/mol. The number of aliphatic hydroxyl groups excluding tert-OH is 1. The van der Waals surface area contributed by atoms with E-state index < -0.39 is 5.82 Å². The van der Waals surface area contributed by atoms with Crippen LogP contribution in [-0.4, -0.2) is 32.5 Å². The van der Waals surface area contributed by atoms with Gasteiger partial charge in [0, 0.05) is 36.1 Å². The molecule has 1 atom stereocenters. The largest absolute Gasteiger partial charge is 0.489 e. The number of aliphatic hydroxyl groups is 1. The second-order valence-electron chi connectivity index (χ2n) is 9.17. The lowest BCUT2D eigenvalue weighted by molar-refractivity contribution is 0.258. The quantitative estimate of drug-likeness (QED) is 0.365. The number of benzene rings is 2. The number of ether oxygens (including phenoxy) is 1. The summed E-state index contributed by atoms with van der Waals surface area (Å²) >= 11 is 0. The molecule has 6 nitrogen and oxygen atoms in total. The van der Waals surface area contributed by atoms with Crippen molar-refractivity contribution in [2.75, 3.05) is 11.9 Å². The van der Waals surface area contributed by atoms with Crippen molar-refractivity contribution < 1.29 is 14.2 Å². The molecule has 1 aliphatic heterocycles. The molecule has 0 bridgehead atoms. The molecule has 1 unspecified atom stereocenters. The highest BCUT2D eigenvalue weighted by atomic mass is 19.1. The van der Waals surface area contributed by atoms with Crippen molar-refractivity contribution in [3.05, 3.63) is 83.9 Å². The lowest BCUT2D eigenvalue weighted by atomic mass is 9.99. The molecule has 1 aliphatic rings. The second-order valence-corrected chi connectivity index (χ2v) is 9.17. The molecule has 0 aliphatic carbocycles. The van der Waals surface area contributed by atoms with Crippen LogP contribution in [-0.2, 0) is 13.2 Å². The minimum atomic E-state index is -0.392. The summed E-state index contributed by atoms with van der Waals surface area (Å²) in [5, 5.41) is 17.8. The standard InChI is InChI=1S/C28H29FN4O2/c1-18(2)20-5-3-19(4-6-20)17-35-23-7-8-24(25(29)15-23)26-27(21-9-12-30-13-10-21)32-33-14-11-22(16-34)31-28(26)33/h3-10,12-13,15,18,22,31,34H,11,14,16-17H2,1-2H3. The van der Waals surface area contributed by atoms with E-state index in [1.165, 1.54) is 11.6 Å². The van der Waals surface area contributed by atoms with E-state index in [2.05, 4.69) is 36.3 Å². The molecule has 0 radical (unpaired) electrons. The van der Waals surface area contributed by atoms with Crippen LogP contribution in [0.4, 0.5) is 10.2 Å². The lowest BCUT2D eigenvalue weighted by Crippen LogP contribution is -2.31. The number of halogens is 1. The molecule has 2 N–H and O–H groups in total. The molecule has 5 rings (SSSR count). The summed E-state index contributed by atoms with van der Waals surface area (Å²) < 4.78 is 23.3. The van der Waals surface area contributed by atoms with Gasteiger partial charge in [-0.1, -0.05) is 38.1 Å². The molecule has 2 aromatic carbocycles. The maximum absolute atomic E-state index is 15.5. The molecule has 7 heteroatoms. The van der Waals surface area contributed by atoms with Crippen molar-refractivity contribution in [1.29, 1.82) is 0 Å². The van der Waals surface area contributed by atoms with E-state index in [4.69, 9.17) is 9.84 Å². The Hall–Kier alpha value is -3.71. The molecule has 2 aromatic heterocycles. The summed E-state index contributed by atoms with van der Waals surface area (Å²) in [6.07, 6.45) is 4.14. The SMILES string of the molecule is CC(C)c1ccc(COc2ccc(-c3c(-c4ccncc4)nn4c3NC(CO)CC4)c(F)c2)cc1. The fraction of sp³-hybridized carbons (Fsp3) is 0.286. The van der Waals surface area contributed by atoms with E-state index in [1.807, 2.05) is 28.9 Å². The average Bonchev–Trinajstić information content (AvgIpc) is 3.26. The molecule has 0 saturated carbocycles. The fourth-order valence-electron chi connectivity index (χ4n) is 4.37. The Morgan fingerprint density at radius 3 is 2.57 bits per heavy atom. The third kappa shape index (κ3) is 4.77. The number of anilines is 1. The lowest BCUT2D eigenvalue weighted by Gasteiger charge is -2.25. The van der Waals surface area contributed by atoms with Crippen LogP contribution in [0.2, 0.25) is 0 Å². The first-order chi connectivity index (χ1) is 17.0. The average molecular weight is 473 g/mol. The van der Waals surface area contributed by atoms with Crippen molar-refractivity contribution in [2.24, 2.45) is 0 Å². The predicted octanol–water partition coefficient (Wildman–Crippen LogP) is 5.63. The van der Waals surface area contributed by atoms with E-state index >= 15 is 4.39 Å². The normalized spacial score (nSPS) is 15.1. The number of fused-ring (bicyclic) bond motifs is 1. The number of hydrogen-bond acceptors (Lipinski definition) is 5. The number of hydrogen-bond donors (Lipinski definition) is 2. The van der Waals surface area contributed by atoms with Gasteiger partial charge in [0.1, 0.15) is 29.7 Å². The van der Waals surface area contributed by atoms with Gasteiger partial charge < -0.3 is 15.2 Å². The number of aryl methyl sites for hydroxylation is 1. The zero-order chi connectivity index (χ0) is 24.4. The summed E-state index contributed by atoms with van der Waals surface area (Å²) in [5.74, 6) is 1.25. The van der Waals surface area contributed by atoms with Crippen LogP contribution in [0.1, 0.15) is 37.3 Å². The van der Waals surface area contributed by atoms with Crippen LogP contribution in [0.5, 0.6) is 5.75 Å². The maximum Gasteiger partial charge on any atom is 0.134 e. The first kappa shape index (κ1) is 23.1. The van der Waals surface area contributed by atoms with Crippen molar-refractivity contribution in [3.8, 4) is 28.1 Å². The molecule has 4 aromatic rings. The smallest absolute Gasteiger partial charge is 0.134 e. The number of pyridine rings is 1. The number of rotatable bonds is 7. The van der Waals surface area contributed by atoms with Crippen LogP contribution in [0.3, 0.4) is 0 Å². The first-order valence-corrected chi connectivity index (χ1v) is 11.9. The van der Waals surface area contributed by atoms with Gasteiger partial charge in [-0.15, -0.1) is 0 Å². The van der Waals surface area contributed by atoms with Gasteiger partial charge in [0.15, 0.2) is 0 Å². The molecule has 0 spiro atoms. The highest BCUT2D eigenvalue weighted by Gasteiger charge is 2.27. The molecular formula is C28H29FN4O2. The highest BCUT2D eigenvalue weighted by molar-refractivity contribution is 5.89. The van der Waals surface area contributed by atoms with Gasteiger partial charge in [-0.2, -0.15) is 5.10 Å². The molecule has 0 saturated heterocycles. The minimum Gasteiger partial charge on any atom is -0.489 e. The van der Waals surface area contributed by atoms with Crippen molar-refractivity contribution in [1.82, 2.24) is 14.8 Å². The van der Waals surface area contributed by atoms with Gasteiger partial charge in [-0.05, 0) is 47.7 Å². The Kier molecular flexibility index (Phi) is 6.51. The van der Waals surface area contributed by atoms with Gasteiger partial charge in [-0.25, -0.2) is 9.07 Å². The van der Waals surface area contributed by atoms with E-state index in [-0.39, 0.29) is 12.6 Å². The third-order valence-electron chi connectivity index (χ3n) is 6.42. The third-order valence-corrected chi connectivity index (χ3v) is 6.42. The van der Waals surface area contributed by atoms with Gasteiger partial charge in [0.25, 0.3) is 0 Å². The fourth-order valence-corrected chi connectivity index (χ4v) is 4.37. The van der Waals surface area contributed by atoms with E-state index in [0.29, 0.717) is 47.5 Å². The summed E-state index contributed by atoms with van der Waals surface area (Å²) in [7, 11) is 0. The van der Waals surface area contributed by atoms with Crippen LogP contribution in [0, 0.1) is 5.82 Å². The van der Waals surface area contributed by atoms with Crippen molar-refractivity contribution >= 4 is 5.82 Å². The molecule has 0 fully saturated rings. The van der Waals surface area contributed by atoms with Crippen LogP contribution >= 0.6 is 0 Å². The Labute approximate surface area is 204 Å². The number of nitrogens with one attached hydrogen (secondary N) is 1. The zero-order valence-electron chi connectivity index (χ0n) is 19.9. The van der Waals surface area contributed by atoms with Gasteiger partial charge >= 0.3 is 0 Å². The summed E-state index contributed by atoms with van der Waals surface area (Å²) in [6, 6.07) is 16.9. The second kappa shape index (κ2) is 9.88. The topological polar surface area (TPSA) is 72.2 Å². The summed E-state index contributed by atoms with van der Waals surface area (Å²) in [6.45, 7) is 5.33. The Morgan fingerprint density at radius 2 is 1.89 bits per heavy atom. The van der Waals surface area contributed by atoms with Crippen molar-refractivity contribution in [2.45, 2.75) is 45.4 Å².